The molecule has 7 heteroatoms. The van der Waals surface area contributed by atoms with E-state index >= 15 is 0 Å². The zero-order valence-corrected chi connectivity index (χ0v) is 13.9. The van der Waals surface area contributed by atoms with Crippen molar-refractivity contribution in [2.24, 2.45) is 0 Å². The summed E-state index contributed by atoms with van der Waals surface area (Å²) < 4.78 is 38.8. The van der Waals surface area contributed by atoms with Gasteiger partial charge in [-0.25, -0.2) is 0 Å². The SMILES string of the molecule is CC(=O)NCCCCCC(=O)N(C)Cc1ccccc1C(F)(F)F. The number of rotatable bonds is 8. The molecule has 1 aromatic carbocycles. The number of benzene rings is 1. The number of nitrogens with one attached hydrogen (secondary N) is 1. The molecule has 0 spiro atoms. The van der Waals surface area contributed by atoms with Crippen LogP contribution in [0.15, 0.2) is 24.3 Å². The average molecular weight is 344 g/mol. The van der Waals surface area contributed by atoms with Gasteiger partial charge in [0.15, 0.2) is 0 Å². The highest BCUT2D eigenvalue weighted by Gasteiger charge is 2.33. The summed E-state index contributed by atoms with van der Waals surface area (Å²) in [4.78, 5) is 24.0. The smallest absolute Gasteiger partial charge is 0.356 e. The minimum atomic E-state index is -4.43. The van der Waals surface area contributed by atoms with E-state index in [1.54, 1.807) is 0 Å². The van der Waals surface area contributed by atoms with Crippen LogP contribution < -0.4 is 5.32 Å². The summed E-state index contributed by atoms with van der Waals surface area (Å²) in [7, 11) is 1.51. The number of carbonyl (C=O) groups excluding carboxylic acids is 2. The van der Waals surface area contributed by atoms with Crippen LogP contribution in [0.25, 0.3) is 0 Å². The van der Waals surface area contributed by atoms with Crippen LogP contribution in [0.3, 0.4) is 0 Å². The van der Waals surface area contributed by atoms with Crippen LogP contribution in [-0.4, -0.2) is 30.3 Å². The summed E-state index contributed by atoms with van der Waals surface area (Å²) >= 11 is 0. The van der Waals surface area contributed by atoms with E-state index in [2.05, 4.69) is 5.32 Å². The van der Waals surface area contributed by atoms with Gasteiger partial charge >= 0.3 is 6.18 Å². The molecule has 0 saturated heterocycles. The maximum atomic E-state index is 12.9. The maximum absolute atomic E-state index is 12.9. The lowest BCUT2D eigenvalue weighted by Crippen LogP contribution is -2.27. The van der Waals surface area contributed by atoms with Crippen LogP contribution in [-0.2, 0) is 22.3 Å². The van der Waals surface area contributed by atoms with Crippen LogP contribution in [0.1, 0.15) is 43.7 Å². The molecular weight excluding hydrogens is 321 g/mol. The number of nitrogens with zero attached hydrogens (tertiary/aromatic N) is 1. The summed E-state index contributed by atoms with van der Waals surface area (Å²) in [5, 5.41) is 2.67. The third-order valence-corrected chi connectivity index (χ3v) is 3.60. The predicted molar refractivity (Wildman–Crippen MR) is 85.1 cm³/mol. The van der Waals surface area contributed by atoms with Crippen LogP contribution >= 0.6 is 0 Å². The molecule has 134 valence electrons. The quantitative estimate of drug-likeness (QED) is 0.735. The summed E-state index contributed by atoms with van der Waals surface area (Å²) in [6.07, 6.45) is -1.95. The van der Waals surface area contributed by atoms with Gasteiger partial charge in [-0.05, 0) is 24.5 Å². The minimum Gasteiger partial charge on any atom is -0.356 e. The number of halogens is 3. The van der Waals surface area contributed by atoms with Gasteiger partial charge in [-0.2, -0.15) is 13.2 Å². The second-order valence-corrected chi connectivity index (χ2v) is 5.70. The molecular formula is C17H23F3N2O2. The second-order valence-electron chi connectivity index (χ2n) is 5.70. The van der Waals surface area contributed by atoms with Gasteiger partial charge in [-0.15, -0.1) is 0 Å². The number of carbonyl (C=O) groups is 2. The van der Waals surface area contributed by atoms with Gasteiger partial charge in [0, 0.05) is 33.5 Å². The molecule has 0 unspecified atom stereocenters. The van der Waals surface area contributed by atoms with Crippen LogP contribution in [0.4, 0.5) is 13.2 Å². The third-order valence-electron chi connectivity index (χ3n) is 3.60. The van der Waals surface area contributed by atoms with Gasteiger partial charge < -0.3 is 10.2 Å². The van der Waals surface area contributed by atoms with Crippen molar-refractivity contribution in [1.82, 2.24) is 10.2 Å². The number of unbranched alkanes of at least 4 members (excludes halogenated alkanes) is 2. The van der Waals surface area contributed by atoms with Crippen molar-refractivity contribution >= 4 is 11.8 Å². The molecule has 0 heterocycles. The fraction of sp³-hybridized carbons (Fsp3) is 0.529. The van der Waals surface area contributed by atoms with Crippen molar-refractivity contribution < 1.29 is 22.8 Å². The van der Waals surface area contributed by atoms with E-state index in [1.807, 2.05) is 0 Å². The van der Waals surface area contributed by atoms with Gasteiger partial charge in [-0.3, -0.25) is 9.59 Å². The molecule has 0 aliphatic heterocycles. The first-order valence-corrected chi connectivity index (χ1v) is 7.85. The van der Waals surface area contributed by atoms with Crippen LogP contribution in [0.2, 0.25) is 0 Å². The zero-order valence-electron chi connectivity index (χ0n) is 13.9. The van der Waals surface area contributed by atoms with E-state index in [9.17, 15) is 22.8 Å². The highest BCUT2D eigenvalue weighted by molar-refractivity contribution is 5.75. The van der Waals surface area contributed by atoms with Crippen molar-refractivity contribution in [3.63, 3.8) is 0 Å². The van der Waals surface area contributed by atoms with Gasteiger partial charge in [0.1, 0.15) is 0 Å². The Balaban J connectivity index is 2.44. The van der Waals surface area contributed by atoms with E-state index in [0.717, 1.165) is 18.9 Å². The van der Waals surface area contributed by atoms with Crippen molar-refractivity contribution in [3.05, 3.63) is 35.4 Å². The highest BCUT2D eigenvalue weighted by Crippen LogP contribution is 2.32. The second kappa shape index (κ2) is 9.30. The maximum Gasteiger partial charge on any atom is 0.416 e. The standard InChI is InChI=1S/C17H23F3N2O2/c1-13(23)21-11-7-3-4-10-16(24)22(2)12-14-8-5-6-9-15(14)17(18,19)20/h5-6,8-9H,3-4,7,10-12H2,1-2H3,(H,21,23). The lowest BCUT2D eigenvalue weighted by atomic mass is 10.1. The first kappa shape index (κ1) is 20.0. The molecule has 1 rings (SSSR count). The van der Waals surface area contributed by atoms with E-state index in [0.29, 0.717) is 13.0 Å². The highest BCUT2D eigenvalue weighted by atomic mass is 19.4. The number of hydrogen-bond acceptors (Lipinski definition) is 2. The molecule has 0 bridgehead atoms. The summed E-state index contributed by atoms with van der Waals surface area (Å²) in [6, 6.07) is 5.28. The molecule has 4 nitrogen and oxygen atoms in total. The van der Waals surface area contributed by atoms with Gasteiger partial charge in [0.2, 0.25) is 11.8 Å². The molecule has 0 aromatic heterocycles. The molecule has 0 fully saturated rings. The van der Waals surface area contributed by atoms with Crippen molar-refractivity contribution in [2.45, 2.75) is 45.3 Å². The predicted octanol–water partition coefficient (Wildman–Crippen LogP) is 3.36. The fourth-order valence-corrected chi connectivity index (χ4v) is 2.31. The van der Waals surface area contributed by atoms with E-state index in [4.69, 9.17) is 0 Å². The zero-order chi connectivity index (χ0) is 18.2. The first-order chi connectivity index (χ1) is 11.2. The Morgan fingerprint density at radius 1 is 1.12 bits per heavy atom. The molecule has 0 saturated carbocycles. The Kier molecular flexibility index (Phi) is 7.74. The Labute approximate surface area is 140 Å². The van der Waals surface area contributed by atoms with Crippen LogP contribution in [0.5, 0.6) is 0 Å². The molecule has 0 aliphatic rings. The lowest BCUT2D eigenvalue weighted by Gasteiger charge is -2.20. The molecule has 1 N–H and O–H groups in total. The lowest BCUT2D eigenvalue weighted by molar-refractivity contribution is -0.139. The fourth-order valence-electron chi connectivity index (χ4n) is 2.31. The Morgan fingerprint density at radius 3 is 2.42 bits per heavy atom. The normalized spacial score (nSPS) is 11.2. The van der Waals surface area contributed by atoms with Gasteiger partial charge in [-0.1, -0.05) is 24.6 Å². The number of amides is 2. The molecule has 0 radical (unpaired) electrons. The minimum absolute atomic E-state index is 0.0690. The van der Waals surface area contributed by atoms with Gasteiger partial charge in [0.25, 0.3) is 0 Å². The summed E-state index contributed by atoms with van der Waals surface area (Å²) in [5.41, 5.74) is -0.619. The third kappa shape index (κ3) is 7.02. The van der Waals surface area contributed by atoms with Gasteiger partial charge in [0.05, 0.1) is 5.56 Å². The molecule has 1 aromatic rings. The van der Waals surface area contributed by atoms with E-state index in [-0.39, 0.29) is 30.3 Å². The monoisotopic (exact) mass is 344 g/mol. The molecule has 0 aliphatic carbocycles. The first-order valence-electron chi connectivity index (χ1n) is 7.85. The average Bonchev–Trinajstić information content (AvgIpc) is 2.49. The Morgan fingerprint density at radius 2 is 1.79 bits per heavy atom. The summed E-state index contributed by atoms with van der Waals surface area (Å²) in [6.45, 7) is 1.94. The molecule has 2 amide bonds. The summed E-state index contributed by atoms with van der Waals surface area (Å²) in [5.74, 6) is -0.277. The number of hydrogen-bond donors (Lipinski definition) is 1. The van der Waals surface area contributed by atoms with E-state index < -0.39 is 11.7 Å². The van der Waals surface area contributed by atoms with Crippen LogP contribution in [0, 0.1) is 0 Å². The van der Waals surface area contributed by atoms with Crippen molar-refractivity contribution in [3.8, 4) is 0 Å². The molecule has 24 heavy (non-hydrogen) atoms. The molecule has 0 atom stereocenters. The van der Waals surface area contributed by atoms with Crippen molar-refractivity contribution in [1.29, 1.82) is 0 Å². The Hall–Kier alpha value is -2.05. The van der Waals surface area contributed by atoms with E-state index in [1.165, 1.54) is 37.1 Å². The Bertz CT molecular complexity index is 559. The largest absolute Gasteiger partial charge is 0.416 e. The topological polar surface area (TPSA) is 49.4 Å². The van der Waals surface area contributed by atoms with Crippen molar-refractivity contribution in [2.75, 3.05) is 13.6 Å². The number of alkyl halides is 3.